The van der Waals surface area contributed by atoms with Crippen molar-refractivity contribution in [3.63, 3.8) is 0 Å². The zero-order chi connectivity index (χ0) is 14.3. The number of hydrogen-bond acceptors (Lipinski definition) is 3. The summed E-state index contributed by atoms with van der Waals surface area (Å²) in [5.74, 6) is 1.21. The van der Waals surface area contributed by atoms with Gasteiger partial charge in [-0.3, -0.25) is 5.41 Å². The molecule has 3 N–H and O–H groups in total. The largest absolute Gasteiger partial charge is 0.496 e. The van der Waals surface area contributed by atoms with Crippen LogP contribution < -0.4 is 10.5 Å². The lowest BCUT2D eigenvalue weighted by molar-refractivity contribution is 0.0893. The summed E-state index contributed by atoms with van der Waals surface area (Å²) in [5.41, 5.74) is 7.16. The minimum atomic E-state index is 0.0121. The highest BCUT2D eigenvalue weighted by Crippen LogP contribution is 2.20. The normalized spacial score (nSPS) is 12.2. The van der Waals surface area contributed by atoms with E-state index < -0.39 is 0 Å². The van der Waals surface area contributed by atoms with Crippen LogP contribution in [0.25, 0.3) is 0 Å². The van der Waals surface area contributed by atoms with Crippen molar-refractivity contribution in [2.24, 2.45) is 11.7 Å². The molecule has 0 fully saturated rings. The van der Waals surface area contributed by atoms with Gasteiger partial charge < -0.3 is 15.2 Å². The molecular formula is C15H24N2O2. The first kappa shape index (κ1) is 15.5. The second-order valence-corrected chi connectivity index (χ2v) is 4.86. The molecule has 0 aliphatic carbocycles. The number of rotatable bonds is 8. The number of benzene rings is 1. The van der Waals surface area contributed by atoms with Crippen molar-refractivity contribution in [2.45, 2.75) is 33.3 Å². The van der Waals surface area contributed by atoms with Gasteiger partial charge in [-0.15, -0.1) is 0 Å². The van der Waals surface area contributed by atoms with Crippen LogP contribution in [0.4, 0.5) is 0 Å². The minimum absolute atomic E-state index is 0.0121. The number of ether oxygens (including phenoxy) is 2. The summed E-state index contributed by atoms with van der Waals surface area (Å²) in [5, 5.41) is 7.53. The van der Waals surface area contributed by atoms with Crippen LogP contribution in [0.2, 0.25) is 0 Å². The van der Waals surface area contributed by atoms with E-state index in [9.17, 15) is 0 Å². The van der Waals surface area contributed by atoms with E-state index in [1.165, 1.54) is 12.8 Å². The highest BCUT2D eigenvalue weighted by atomic mass is 16.5. The summed E-state index contributed by atoms with van der Waals surface area (Å²) in [6.07, 6.45) is 2.36. The van der Waals surface area contributed by atoms with Gasteiger partial charge in [0.25, 0.3) is 0 Å². The lowest BCUT2D eigenvalue weighted by Gasteiger charge is -2.12. The molecule has 0 bridgehead atoms. The van der Waals surface area contributed by atoms with Crippen molar-refractivity contribution in [3.05, 3.63) is 29.3 Å². The molecule has 1 atom stereocenters. The van der Waals surface area contributed by atoms with Gasteiger partial charge in [0.05, 0.1) is 19.3 Å². The number of hydrogen-bond donors (Lipinski definition) is 2. The Labute approximate surface area is 115 Å². The average molecular weight is 264 g/mol. The van der Waals surface area contributed by atoms with Crippen LogP contribution in [0, 0.1) is 11.3 Å². The molecule has 0 saturated heterocycles. The molecule has 0 amide bonds. The van der Waals surface area contributed by atoms with E-state index in [4.69, 9.17) is 20.6 Å². The molecule has 0 aromatic heterocycles. The first-order valence-corrected chi connectivity index (χ1v) is 6.67. The van der Waals surface area contributed by atoms with E-state index in [-0.39, 0.29) is 5.84 Å². The molecule has 0 aliphatic heterocycles. The topological polar surface area (TPSA) is 68.3 Å². The number of nitrogen functional groups attached to an aromatic ring is 1. The van der Waals surface area contributed by atoms with E-state index in [0.29, 0.717) is 23.8 Å². The Morgan fingerprint density at radius 1 is 1.42 bits per heavy atom. The zero-order valence-electron chi connectivity index (χ0n) is 12.0. The predicted molar refractivity (Wildman–Crippen MR) is 77.7 cm³/mol. The average Bonchev–Trinajstić information content (AvgIpc) is 2.38. The Morgan fingerprint density at radius 3 is 2.74 bits per heavy atom. The second kappa shape index (κ2) is 7.79. The molecule has 1 aromatic rings. The van der Waals surface area contributed by atoms with Gasteiger partial charge in [-0.25, -0.2) is 0 Å². The summed E-state index contributed by atoms with van der Waals surface area (Å²) in [6, 6.07) is 5.62. The third kappa shape index (κ3) is 4.91. The van der Waals surface area contributed by atoms with Crippen LogP contribution in [0.1, 0.15) is 37.8 Å². The fraction of sp³-hybridized carbons (Fsp3) is 0.533. The molecule has 1 unspecified atom stereocenters. The van der Waals surface area contributed by atoms with Crippen molar-refractivity contribution >= 4 is 5.84 Å². The van der Waals surface area contributed by atoms with Crippen LogP contribution in [-0.2, 0) is 11.3 Å². The first-order valence-electron chi connectivity index (χ1n) is 6.67. The minimum Gasteiger partial charge on any atom is -0.496 e. The van der Waals surface area contributed by atoms with Gasteiger partial charge in [0.1, 0.15) is 11.6 Å². The molecule has 4 nitrogen and oxygen atoms in total. The molecule has 0 radical (unpaired) electrons. The highest BCUT2D eigenvalue weighted by molar-refractivity contribution is 5.97. The van der Waals surface area contributed by atoms with Crippen LogP contribution >= 0.6 is 0 Å². The number of nitrogens with two attached hydrogens (primary N) is 1. The monoisotopic (exact) mass is 264 g/mol. The van der Waals surface area contributed by atoms with Crippen LogP contribution in [0.3, 0.4) is 0 Å². The SMILES string of the molecule is CCCC(C)COCc1ccc(OC)c(C(=N)N)c1. The Morgan fingerprint density at radius 2 is 2.16 bits per heavy atom. The molecule has 0 aliphatic rings. The van der Waals surface area contributed by atoms with Gasteiger partial charge in [-0.2, -0.15) is 0 Å². The van der Waals surface area contributed by atoms with Crippen molar-refractivity contribution in [2.75, 3.05) is 13.7 Å². The van der Waals surface area contributed by atoms with Gasteiger partial charge in [-0.1, -0.05) is 26.3 Å². The van der Waals surface area contributed by atoms with E-state index in [1.54, 1.807) is 7.11 Å². The summed E-state index contributed by atoms with van der Waals surface area (Å²) in [4.78, 5) is 0. The standard InChI is InChI=1S/C15H24N2O2/c1-4-5-11(2)9-19-10-12-6-7-14(18-3)13(8-12)15(16)17/h6-8,11H,4-5,9-10H2,1-3H3,(H3,16,17). The van der Waals surface area contributed by atoms with Crippen molar-refractivity contribution in [1.82, 2.24) is 0 Å². The third-order valence-corrected chi connectivity index (χ3v) is 3.01. The van der Waals surface area contributed by atoms with E-state index in [2.05, 4.69) is 13.8 Å². The molecule has 4 heteroatoms. The fourth-order valence-electron chi connectivity index (χ4n) is 2.01. The maximum absolute atomic E-state index is 7.53. The Bertz CT molecular complexity index is 419. The molecular weight excluding hydrogens is 240 g/mol. The maximum Gasteiger partial charge on any atom is 0.129 e. The first-order chi connectivity index (χ1) is 9.08. The highest BCUT2D eigenvalue weighted by Gasteiger charge is 2.08. The van der Waals surface area contributed by atoms with Gasteiger partial charge in [-0.05, 0) is 30.0 Å². The van der Waals surface area contributed by atoms with E-state index in [1.807, 2.05) is 18.2 Å². The predicted octanol–water partition coefficient (Wildman–Crippen LogP) is 2.93. The fourth-order valence-corrected chi connectivity index (χ4v) is 2.01. The summed E-state index contributed by atoms with van der Waals surface area (Å²) >= 11 is 0. The third-order valence-electron chi connectivity index (χ3n) is 3.01. The summed E-state index contributed by atoms with van der Waals surface area (Å²) < 4.78 is 10.9. The lowest BCUT2D eigenvalue weighted by atomic mass is 10.1. The molecule has 0 heterocycles. The number of amidine groups is 1. The quantitative estimate of drug-likeness (QED) is 0.560. The van der Waals surface area contributed by atoms with Gasteiger partial charge in [0.2, 0.25) is 0 Å². The molecule has 19 heavy (non-hydrogen) atoms. The summed E-state index contributed by atoms with van der Waals surface area (Å²) in [7, 11) is 1.57. The number of methoxy groups -OCH3 is 1. The molecule has 0 saturated carbocycles. The van der Waals surface area contributed by atoms with Crippen molar-refractivity contribution < 1.29 is 9.47 Å². The van der Waals surface area contributed by atoms with Crippen LogP contribution in [0.15, 0.2) is 18.2 Å². The van der Waals surface area contributed by atoms with Gasteiger partial charge in [0, 0.05) is 6.61 Å². The van der Waals surface area contributed by atoms with Crippen molar-refractivity contribution in [3.8, 4) is 5.75 Å². The molecule has 0 spiro atoms. The van der Waals surface area contributed by atoms with Crippen LogP contribution in [0.5, 0.6) is 5.75 Å². The van der Waals surface area contributed by atoms with E-state index in [0.717, 1.165) is 12.2 Å². The Hall–Kier alpha value is -1.55. The lowest BCUT2D eigenvalue weighted by Crippen LogP contribution is -2.13. The molecule has 106 valence electrons. The summed E-state index contributed by atoms with van der Waals surface area (Å²) in [6.45, 7) is 5.67. The van der Waals surface area contributed by atoms with Gasteiger partial charge >= 0.3 is 0 Å². The van der Waals surface area contributed by atoms with Crippen molar-refractivity contribution in [1.29, 1.82) is 5.41 Å². The Balaban J connectivity index is 2.60. The van der Waals surface area contributed by atoms with Gasteiger partial charge in [0.15, 0.2) is 0 Å². The Kier molecular flexibility index (Phi) is 6.36. The van der Waals surface area contributed by atoms with Crippen LogP contribution in [-0.4, -0.2) is 19.6 Å². The molecule has 1 rings (SSSR count). The molecule has 1 aromatic carbocycles. The second-order valence-electron chi connectivity index (χ2n) is 4.86. The van der Waals surface area contributed by atoms with E-state index >= 15 is 0 Å². The smallest absolute Gasteiger partial charge is 0.129 e. The maximum atomic E-state index is 7.53. The zero-order valence-corrected chi connectivity index (χ0v) is 12.0. The number of nitrogens with one attached hydrogen (secondary N) is 1.